The first kappa shape index (κ1) is 26.7. The van der Waals surface area contributed by atoms with Crippen molar-refractivity contribution in [2.45, 2.75) is 13.8 Å². The first-order valence-electron chi connectivity index (χ1n) is 15.2. The molecule has 0 atom stereocenters. The van der Waals surface area contributed by atoms with Gasteiger partial charge in [-0.15, -0.1) is 0 Å². The van der Waals surface area contributed by atoms with Crippen LogP contribution in [0, 0.1) is 25.7 Å². The van der Waals surface area contributed by atoms with E-state index in [1.807, 2.05) is 66.7 Å². The van der Waals surface area contributed by atoms with E-state index < -0.39 is 0 Å². The van der Waals surface area contributed by atoms with Crippen molar-refractivity contribution in [2.75, 3.05) is 0 Å². The minimum Gasteiger partial charge on any atom is -0.309 e. The summed E-state index contributed by atoms with van der Waals surface area (Å²) < 4.78 is 2.35. The lowest BCUT2D eigenvalue weighted by molar-refractivity contribution is 1.15. The number of aryl methyl sites for hydroxylation is 2. The van der Waals surface area contributed by atoms with Gasteiger partial charge in [0.05, 0.1) is 11.0 Å². The molecular weight excluding hydrogens is 546 g/mol. The molecule has 1 heterocycles. The Labute approximate surface area is 261 Å². The molecule has 0 saturated heterocycles. The molecule has 212 valence electrons. The van der Waals surface area contributed by atoms with Gasteiger partial charge in [-0.3, -0.25) is 4.79 Å². The van der Waals surface area contributed by atoms with Crippen LogP contribution in [0.3, 0.4) is 0 Å². The Balaban J connectivity index is 1.16. The number of para-hydroxylation sites is 2. The van der Waals surface area contributed by atoms with E-state index in [2.05, 4.69) is 103 Å². The first-order chi connectivity index (χ1) is 22.1. The number of rotatable bonds is 2. The molecule has 1 aromatic heterocycles. The van der Waals surface area contributed by atoms with Crippen molar-refractivity contribution in [3.8, 4) is 28.7 Å². The van der Waals surface area contributed by atoms with Gasteiger partial charge in [-0.1, -0.05) is 115 Å². The third-order valence-corrected chi connectivity index (χ3v) is 8.86. The summed E-state index contributed by atoms with van der Waals surface area (Å²) in [4.78, 5) is 13.7. The Bertz CT molecular complexity index is 2500. The van der Waals surface area contributed by atoms with Crippen molar-refractivity contribution in [2.24, 2.45) is 0 Å². The molecule has 0 unspecified atom stereocenters. The molecule has 7 aromatic carbocycles. The summed E-state index contributed by atoms with van der Waals surface area (Å²) in [5, 5.41) is 5.88. The van der Waals surface area contributed by atoms with E-state index in [-0.39, 0.29) is 5.43 Å². The second kappa shape index (κ2) is 10.7. The number of hydrogen-bond donors (Lipinski definition) is 0. The summed E-state index contributed by atoms with van der Waals surface area (Å²) >= 11 is 0. The average molecular weight is 576 g/mol. The summed E-state index contributed by atoms with van der Waals surface area (Å²) in [5.74, 6) is 6.85. The summed E-state index contributed by atoms with van der Waals surface area (Å²) in [6, 6.07) is 47.8. The number of fused-ring (bicyclic) bond motifs is 5. The molecule has 0 amide bonds. The van der Waals surface area contributed by atoms with Crippen LogP contribution in [0.4, 0.5) is 0 Å². The lowest BCUT2D eigenvalue weighted by atomic mass is 9.97. The van der Waals surface area contributed by atoms with Gasteiger partial charge >= 0.3 is 0 Å². The maximum atomic E-state index is 13.7. The standard InChI is InChI=1S/C43H29NO/c1-28-26-34(44-40-16-7-5-13-38(40)39-14-6-8-17-41(39)44)27-29(2)35(28)25-20-30-18-21-32(22-19-30)36-15-9-11-33-24-23-31-10-3-4-12-37(31)43(45)42(33)36/h3-19,21-24,26-27H,1-2H3. The third-order valence-electron chi connectivity index (χ3n) is 8.86. The zero-order chi connectivity index (χ0) is 30.5. The Morgan fingerprint density at radius 1 is 0.533 bits per heavy atom. The molecular formula is C43H29NO. The van der Waals surface area contributed by atoms with E-state index in [1.54, 1.807) is 0 Å². The molecule has 0 aliphatic heterocycles. The van der Waals surface area contributed by atoms with Gasteiger partial charge in [0.15, 0.2) is 5.43 Å². The highest BCUT2D eigenvalue weighted by molar-refractivity contribution is 6.09. The zero-order valence-corrected chi connectivity index (χ0v) is 25.1. The largest absolute Gasteiger partial charge is 0.309 e. The van der Waals surface area contributed by atoms with Crippen molar-refractivity contribution in [3.05, 3.63) is 172 Å². The van der Waals surface area contributed by atoms with E-state index in [1.165, 1.54) is 21.8 Å². The number of nitrogens with zero attached hydrogens (tertiary/aromatic N) is 1. The van der Waals surface area contributed by atoms with Crippen LogP contribution in [-0.2, 0) is 0 Å². The zero-order valence-electron chi connectivity index (χ0n) is 25.1. The van der Waals surface area contributed by atoms with Gasteiger partial charge in [0.25, 0.3) is 0 Å². The van der Waals surface area contributed by atoms with Crippen LogP contribution >= 0.6 is 0 Å². The molecule has 0 aliphatic carbocycles. The second-order valence-electron chi connectivity index (χ2n) is 11.7. The van der Waals surface area contributed by atoms with Gasteiger partial charge in [0.1, 0.15) is 0 Å². The third kappa shape index (κ3) is 4.49. The van der Waals surface area contributed by atoms with E-state index >= 15 is 0 Å². The van der Waals surface area contributed by atoms with Crippen molar-refractivity contribution < 1.29 is 0 Å². The van der Waals surface area contributed by atoms with Crippen LogP contribution in [0.1, 0.15) is 22.3 Å². The molecule has 0 spiro atoms. The molecule has 0 fully saturated rings. The Morgan fingerprint density at radius 3 is 1.80 bits per heavy atom. The molecule has 45 heavy (non-hydrogen) atoms. The quantitative estimate of drug-likeness (QED) is 0.188. The van der Waals surface area contributed by atoms with Gasteiger partial charge in [-0.2, -0.15) is 0 Å². The topological polar surface area (TPSA) is 22.0 Å². The number of benzene rings is 6. The van der Waals surface area contributed by atoms with E-state index in [4.69, 9.17) is 0 Å². The predicted molar refractivity (Wildman–Crippen MR) is 189 cm³/mol. The molecule has 8 aromatic rings. The lowest BCUT2D eigenvalue weighted by Gasteiger charge is -2.12. The van der Waals surface area contributed by atoms with Gasteiger partial charge in [-0.05, 0) is 83.3 Å². The molecule has 2 heteroatoms. The van der Waals surface area contributed by atoms with Crippen molar-refractivity contribution in [3.63, 3.8) is 0 Å². The lowest BCUT2D eigenvalue weighted by Crippen LogP contribution is -2.00. The molecule has 8 rings (SSSR count). The van der Waals surface area contributed by atoms with Gasteiger partial charge in [0.2, 0.25) is 0 Å². The normalized spacial score (nSPS) is 11.2. The van der Waals surface area contributed by atoms with Crippen molar-refractivity contribution >= 4 is 43.4 Å². The highest BCUT2D eigenvalue weighted by Gasteiger charge is 2.13. The van der Waals surface area contributed by atoms with Crippen molar-refractivity contribution in [1.29, 1.82) is 0 Å². The molecule has 0 radical (unpaired) electrons. The average Bonchev–Trinajstić information content (AvgIpc) is 3.33. The van der Waals surface area contributed by atoms with Gasteiger partial charge in [-0.25, -0.2) is 0 Å². The van der Waals surface area contributed by atoms with Crippen LogP contribution in [0.2, 0.25) is 0 Å². The fourth-order valence-electron chi connectivity index (χ4n) is 6.70. The first-order valence-corrected chi connectivity index (χ1v) is 15.2. The van der Waals surface area contributed by atoms with E-state index in [0.29, 0.717) is 0 Å². The van der Waals surface area contributed by atoms with Crippen LogP contribution in [-0.4, -0.2) is 4.57 Å². The maximum Gasteiger partial charge on any atom is 0.194 e. The minimum atomic E-state index is 0.0559. The molecule has 0 N–H and O–H groups in total. The predicted octanol–water partition coefficient (Wildman–Crippen LogP) is 10.1. The summed E-state index contributed by atoms with van der Waals surface area (Å²) in [5.41, 5.74) is 9.82. The maximum absolute atomic E-state index is 13.7. The van der Waals surface area contributed by atoms with Gasteiger partial charge in [0, 0.05) is 38.4 Å². The van der Waals surface area contributed by atoms with Crippen LogP contribution in [0.25, 0.3) is 60.2 Å². The summed E-state index contributed by atoms with van der Waals surface area (Å²) in [7, 11) is 0. The van der Waals surface area contributed by atoms with E-state index in [9.17, 15) is 4.79 Å². The number of aromatic nitrogens is 1. The van der Waals surface area contributed by atoms with Gasteiger partial charge < -0.3 is 4.57 Å². The molecule has 0 aliphatic rings. The molecule has 0 saturated carbocycles. The smallest absolute Gasteiger partial charge is 0.194 e. The Morgan fingerprint density at radius 2 is 1.11 bits per heavy atom. The van der Waals surface area contributed by atoms with Crippen molar-refractivity contribution in [1.82, 2.24) is 4.57 Å². The van der Waals surface area contributed by atoms with Crippen LogP contribution in [0.15, 0.2) is 144 Å². The SMILES string of the molecule is Cc1cc(-n2c3ccccc3c3ccccc32)cc(C)c1C#Cc1ccc(-c2cccc3ccc4ccccc4c(=O)c23)cc1. The van der Waals surface area contributed by atoms with Crippen LogP contribution in [0.5, 0.6) is 0 Å². The highest BCUT2D eigenvalue weighted by Crippen LogP contribution is 2.33. The van der Waals surface area contributed by atoms with Crippen LogP contribution < -0.4 is 5.43 Å². The second-order valence-corrected chi connectivity index (χ2v) is 11.7. The number of hydrogen-bond acceptors (Lipinski definition) is 1. The fraction of sp³-hybridized carbons (Fsp3) is 0.0465. The minimum absolute atomic E-state index is 0.0559. The monoisotopic (exact) mass is 575 g/mol. The van der Waals surface area contributed by atoms with E-state index in [0.717, 1.165) is 60.6 Å². The molecule has 2 nitrogen and oxygen atoms in total. The summed E-state index contributed by atoms with van der Waals surface area (Å²) in [6.45, 7) is 4.28. The highest BCUT2D eigenvalue weighted by atomic mass is 16.1. The fourth-order valence-corrected chi connectivity index (χ4v) is 6.70. The summed E-state index contributed by atoms with van der Waals surface area (Å²) in [6.07, 6.45) is 0. The Hall–Kier alpha value is -5.91. The molecule has 0 bridgehead atoms. The Kier molecular flexibility index (Phi) is 6.33.